The van der Waals surface area contributed by atoms with Gasteiger partial charge in [0, 0.05) is 0 Å². The Bertz CT molecular complexity index is 818. The lowest BCUT2D eigenvalue weighted by Gasteiger charge is -2.26. The fourth-order valence-corrected chi connectivity index (χ4v) is 3.42. The highest BCUT2D eigenvalue weighted by Gasteiger charge is 2.63. The first-order valence-electron chi connectivity index (χ1n) is 7.74. The summed E-state index contributed by atoms with van der Waals surface area (Å²) in [5.41, 5.74) is 5.46. The van der Waals surface area contributed by atoms with Crippen molar-refractivity contribution in [3.63, 3.8) is 0 Å². The number of fused-ring (bicyclic) bond motifs is 2. The fraction of sp³-hybridized carbons (Fsp3) is 0.533. The zero-order chi connectivity index (χ0) is 16.9. The van der Waals surface area contributed by atoms with E-state index in [1.165, 1.54) is 10.8 Å². The summed E-state index contributed by atoms with van der Waals surface area (Å²) in [4.78, 5) is 3.94. The second-order valence-electron chi connectivity index (χ2n) is 5.84. The van der Waals surface area contributed by atoms with Gasteiger partial charge >= 0.3 is 0 Å². The van der Waals surface area contributed by atoms with Crippen LogP contribution in [0.2, 0.25) is 0 Å². The van der Waals surface area contributed by atoms with E-state index in [-0.39, 0.29) is 6.61 Å². The maximum Gasteiger partial charge on any atom is 0.226 e. The molecule has 2 aromatic heterocycles. The predicted octanol–water partition coefficient (Wildman–Crippen LogP) is -0.0584. The van der Waals surface area contributed by atoms with Crippen LogP contribution in [0.15, 0.2) is 18.5 Å². The van der Waals surface area contributed by atoms with E-state index >= 15 is 0 Å². The van der Waals surface area contributed by atoms with Gasteiger partial charge in [-0.05, 0) is 18.6 Å². The molecule has 2 aliphatic heterocycles. The van der Waals surface area contributed by atoms with Crippen LogP contribution in [0.4, 0.5) is 5.82 Å². The predicted molar refractivity (Wildman–Crippen MR) is 80.5 cm³/mol. The molecule has 1 unspecified atom stereocenters. The number of nitriles is 1. The Balaban J connectivity index is 1.87. The van der Waals surface area contributed by atoms with E-state index in [2.05, 4.69) is 16.2 Å². The molecule has 4 rings (SSSR count). The van der Waals surface area contributed by atoms with E-state index < -0.39 is 30.2 Å². The molecule has 126 valence electrons. The minimum atomic E-state index is -1.45. The van der Waals surface area contributed by atoms with E-state index in [0.29, 0.717) is 23.4 Å². The Labute approximate surface area is 137 Å². The van der Waals surface area contributed by atoms with Crippen LogP contribution >= 0.6 is 0 Å². The second-order valence-corrected chi connectivity index (χ2v) is 5.84. The molecule has 2 saturated heterocycles. The van der Waals surface area contributed by atoms with Crippen molar-refractivity contribution in [1.82, 2.24) is 14.6 Å². The molecule has 2 fully saturated rings. The summed E-state index contributed by atoms with van der Waals surface area (Å²) in [6.45, 7) is 1.65. The average Bonchev–Trinajstić information content (AvgIpc) is 3.27. The van der Waals surface area contributed by atoms with Gasteiger partial charge in [0.05, 0.1) is 12.3 Å². The highest BCUT2D eigenvalue weighted by Crippen LogP contribution is 2.47. The first kappa shape index (κ1) is 15.3. The minimum absolute atomic E-state index is 0.273. The molecule has 9 nitrogen and oxygen atoms in total. The van der Waals surface area contributed by atoms with Crippen molar-refractivity contribution in [2.75, 3.05) is 12.3 Å². The number of nitrogens with zero attached hydrogens (tertiary/aromatic N) is 4. The maximum absolute atomic E-state index is 9.96. The SMILES string of the molecule is CCC1O[C@H]2[C@@H](O1)[C@](C#N)(c1ccc3c(N)ncnn13)O[C@@H]2CO. The summed E-state index contributed by atoms with van der Waals surface area (Å²) in [6, 6.07) is 5.65. The van der Waals surface area contributed by atoms with Gasteiger partial charge in [0.2, 0.25) is 5.60 Å². The summed E-state index contributed by atoms with van der Waals surface area (Å²) in [6.07, 6.45) is -0.333. The molecular formula is C15H17N5O4. The standard InChI is InChI=1S/C15H17N5O4/c1-2-11-22-12-9(5-21)24-15(6-16,13(12)23-11)10-4-3-8-14(17)18-7-19-20(8)10/h3-4,7,9,11-13,21H,2,5H2,1H3,(H2,17,18,19)/t9-,11?,12-,13-,15+/m1/s1. The molecule has 4 heterocycles. The topological polar surface area (TPSA) is 128 Å². The first-order valence-corrected chi connectivity index (χ1v) is 7.74. The number of rotatable bonds is 3. The Hall–Kier alpha value is -2.25. The summed E-state index contributed by atoms with van der Waals surface area (Å²) in [7, 11) is 0. The number of ether oxygens (including phenoxy) is 3. The lowest BCUT2D eigenvalue weighted by molar-refractivity contribution is -0.158. The molecule has 0 spiro atoms. The van der Waals surface area contributed by atoms with Crippen molar-refractivity contribution in [2.24, 2.45) is 0 Å². The van der Waals surface area contributed by atoms with Crippen LogP contribution in [-0.2, 0) is 19.8 Å². The number of nitrogens with two attached hydrogens (primary N) is 1. The fourth-order valence-electron chi connectivity index (χ4n) is 3.42. The van der Waals surface area contributed by atoms with Crippen LogP contribution in [0, 0.1) is 11.3 Å². The number of hydrogen-bond donors (Lipinski definition) is 2. The van der Waals surface area contributed by atoms with Gasteiger partial charge in [0.1, 0.15) is 36.2 Å². The van der Waals surface area contributed by atoms with Gasteiger partial charge in [-0.1, -0.05) is 6.92 Å². The van der Waals surface area contributed by atoms with Crippen molar-refractivity contribution in [1.29, 1.82) is 5.26 Å². The number of anilines is 1. The molecule has 9 heteroatoms. The van der Waals surface area contributed by atoms with Gasteiger partial charge in [0.25, 0.3) is 0 Å². The third kappa shape index (κ3) is 1.88. The molecule has 5 atom stereocenters. The van der Waals surface area contributed by atoms with Crippen LogP contribution in [-0.4, -0.2) is 50.9 Å². The van der Waals surface area contributed by atoms with Crippen molar-refractivity contribution >= 4 is 11.3 Å². The van der Waals surface area contributed by atoms with Crippen LogP contribution in [0.1, 0.15) is 19.0 Å². The van der Waals surface area contributed by atoms with Crippen molar-refractivity contribution < 1.29 is 19.3 Å². The lowest BCUT2D eigenvalue weighted by atomic mass is 9.92. The molecule has 0 bridgehead atoms. The Morgan fingerprint density at radius 3 is 3.00 bits per heavy atom. The number of nitrogen functional groups attached to an aromatic ring is 1. The van der Waals surface area contributed by atoms with E-state index in [9.17, 15) is 10.4 Å². The molecule has 3 N–H and O–H groups in total. The minimum Gasteiger partial charge on any atom is -0.394 e. The monoisotopic (exact) mass is 331 g/mol. The molecule has 0 amide bonds. The third-order valence-electron chi connectivity index (χ3n) is 4.55. The normalized spacial score (nSPS) is 35.2. The van der Waals surface area contributed by atoms with Crippen LogP contribution in [0.5, 0.6) is 0 Å². The largest absolute Gasteiger partial charge is 0.394 e. The van der Waals surface area contributed by atoms with E-state index in [1.807, 2.05) is 6.92 Å². The lowest BCUT2D eigenvalue weighted by Crippen LogP contribution is -2.40. The third-order valence-corrected chi connectivity index (χ3v) is 4.55. The maximum atomic E-state index is 9.96. The van der Waals surface area contributed by atoms with E-state index in [0.717, 1.165) is 0 Å². The second kappa shape index (κ2) is 5.39. The van der Waals surface area contributed by atoms with Crippen LogP contribution < -0.4 is 5.73 Å². The van der Waals surface area contributed by atoms with Crippen LogP contribution in [0.25, 0.3) is 5.52 Å². The smallest absolute Gasteiger partial charge is 0.226 e. The Morgan fingerprint density at radius 1 is 1.46 bits per heavy atom. The Kier molecular flexibility index (Phi) is 3.43. The van der Waals surface area contributed by atoms with E-state index in [1.54, 1.807) is 12.1 Å². The summed E-state index contributed by atoms with van der Waals surface area (Å²) in [5.74, 6) is 0.299. The summed E-state index contributed by atoms with van der Waals surface area (Å²) < 4.78 is 19.1. The van der Waals surface area contributed by atoms with Gasteiger partial charge < -0.3 is 25.1 Å². The molecule has 0 aromatic carbocycles. The quantitative estimate of drug-likeness (QED) is 0.800. The highest BCUT2D eigenvalue weighted by molar-refractivity contribution is 5.66. The summed E-state index contributed by atoms with van der Waals surface area (Å²) >= 11 is 0. The molecule has 0 radical (unpaired) electrons. The molecule has 0 aliphatic carbocycles. The van der Waals surface area contributed by atoms with Gasteiger partial charge in [0.15, 0.2) is 12.1 Å². The average molecular weight is 331 g/mol. The molecule has 24 heavy (non-hydrogen) atoms. The highest BCUT2D eigenvalue weighted by atomic mass is 16.8. The van der Waals surface area contributed by atoms with Crippen molar-refractivity contribution in [3.05, 3.63) is 24.2 Å². The number of aromatic nitrogens is 3. The molecule has 0 saturated carbocycles. The molecular weight excluding hydrogens is 314 g/mol. The van der Waals surface area contributed by atoms with Gasteiger partial charge in [-0.2, -0.15) is 10.4 Å². The zero-order valence-corrected chi connectivity index (χ0v) is 13.0. The summed E-state index contributed by atoms with van der Waals surface area (Å²) in [5, 5.41) is 23.8. The number of aliphatic hydroxyl groups is 1. The van der Waals surface area contributed by atoms with Crippen LogP contribution in [0.3, 0.4) is 0 Å². The molecule has 2 aromatic rings. The Morgan fingerprint density at radius 2 is 2.29 bits per heavy atom. The van der Waals surface area contributed by atoms with Crippen molar-refractivity contribution in [2.45, 2.75) is 43.5 Å². The van der Waals surface area contributed by atoms with Gasteiger partial charge in [-0.15, -0.1) is 0 Å². The number of aliphatic hydroxyl groups excluding tert-OH is 1. The van der Waals surface area contributed by atoms with Gasteiger partial charge in [-0.3, -0.25) is 0 Å². The number of hydrogen-bond acceptors (Lipinski definition) is 8. The van der Waals surface area contributed by atoms with Gasteiger partial charge in [-0.25, -0.2) is 9.50 Å². The van der Waals surface area contributed by atoms with Crippen molar-refractivity contribution in [3.8, 4) is 6.07 Å². The van der Waals surface area contributed by atoms with E-state index in [4.69, 9.17) is 19.9 Å². The molecule has 2 aliphatic rings. The first-order chi connectivity index (χ1) is 11.6. The zero-order valence-electron chi connectivity index (χ0n) is 13.0.